The summed E-state index contributed by atoms with van der Waals surface area (Å²) in [4.78, 5) is 14.5. The monoisotopic (exact) mass is 536 g/mol. The van der Waals surface area contributed by atoms with Gasteiger partial charge in [0.15, 0.2) is 32.4 Å². The van der Waals surface area contributed by atoms with Crippen LogP contribution in [-0.2, 0) is 21.2 Å². The van der Waals surface area contributed by atoms with Crippen LogP contribution in [0.25, 0.3) is 0 Å². The Morgan fingerprint density at radius 1 is 1.25 bits per heavy atom. The van der Waals surface area contributed by atoms with Crippen LogP contribution in [-0.4, -0.2) is 64.3 Å². The Hall–Kier alpha value is -2.14. The van der Waals surface area contributed by atoms with Crippen LogP contribution in [0.5, 0.6) is 5.75 Å². The van der Waals surface area contributed by atoms with Gasteiger partial charge in [-0.25, -0.2) is 12.8 Å². The number of aromatic nitrogens is 3. The molecule has 2 heterocycles. The van der Waals surface area contributed by atoms with Crippen LogP contribution in [0.1, 0.15) is 50.9 Å². The van der Waals surface area contributed by atoms with Crippen LogP contribution in [0.3, 0.4) is 0 Å². The minimum Gasteiger partial charge on any atom is -0.483 e. The van der Waals surface area contributed by atoms with Gasteiger partial charge in [0.25, 0.3) is 0 Å². The van der Waals surface area contributed by atoms with E-state index in [9.17, 15) is 17.6 Å². The molecule has 2 bridgehead atoms. The van der Waals surface area contributed by atoms with E-state index in [1.54, 1.807) is 30.1 Å². The molecular formula is C25H33FN4O4S2. The van der Waals surface area contributed by atoms with Crippen LogP contribution in [0.15, 0.2) is 29.4 Å². The van der Waals surface area contributed by atoms with Crippen molar-refractivity contribution in [2.75, 3.05) is 24.3 Å². The maximum absolute atomic E-state index is 14.1. The number of halogens is 1. The third-order valence-corrected chi connectivity index (χ3v) is 10.9. The summed E-state index contributed by atoms with van der Waals surface area (Å²) >= 11 is 1.31. The van der Waals surface area contributed by atoms with Crippen molar-refractivity contribution < 1.29 is 22.3 Å². The van der Waals surface area contributed by atoms with Gasteiger partial charge in [-0.05, 0) is 62.5 Å². The van der Waals surface area contributed by atoms with E-state index in [4.69, 9.17) is 4.74 Å². The van der Waals surface area contributed by atoms with Crippen molar-refractivity contribution in [3.05, 3.63) is 35.9 Å². The molecule has 2 saturated carbocycles. The predicted octanol–water partition coefficient (Wildman–Crippen LogP) is 3.73. The third kappa shape index (κ3) is 5.27. The van der Waals surface area contributed by atoms with Gasteiger partial charge in [-0.1, -0.05) is 30.3 Å². The van der Waals surface area contributed by atoms with Gasteiger partial charge < -0.3 is 9.64 Å². The number of carbonyl (C=O) groups excluding carboxylic acids is 1. The summed E-state index contributed by atoms with van der Waals surface area (Å²) in [7, 11) is -1.40. The van der Waals surface area contributed by atoms with Gasteiger partial charge in [0.05, 0.1) is 17.3 Å². The van der Waals surface area contributed by atoms with Gasteiger partial charge in [-0.3, -0.25) is 9.36 Å². The Labute approximate surface area is 215 Å². The van der Waals surface area contributed by atoms with E-state index in [-0.39, 0.29) is 47.6 Å². The quantitative estimate of drug-likeness (QED) is 0.451. The lowest BCUT2D eigenvalue weighted by Gasteiger charge is -2.30. The first kappa shape index (κ1) is 25.5. The second-order valence-corrected chi connectivity index (χ2v) is 13.6. The van der Waals surface area contributed by atoms with Crippen molar-refractivity contribution >= 4 is 27.5 Å². The number of fused-ring (bicyclic) bond motifs is 2. The molecule has 3 aliphatic rings. The first-order valence-corrected chi connectivity index (χ1v) is 15.4. The molecule has 3 fully saturated rings. The molecule has 196 valence electrons. The summed E-state index contributed by atoms with van der Waals surface area (Å²) in [6.07, 6.45) is 5.48. The minimum absolute atomic E-state index is 0.0227. The number of hydrogen-bond donors (Lipinski definition) is 0. The summed E-state index contributed by atoms with van der Waals surface area (Å²) in [5.74, 6) is 2.48. The van der Waals surface area contributed by atoms with Crippen molar-refractivity contribution in [1.29, 1.82) is 0 Å². The number of thioether (sulfide) groups is 1. The second-order valence-electron chi connectivity index (χ2n) is 10.4. The molecule has 0 N–H and O–H groups in total. The fourth-order valence-corrected chi connectivity index (χ4v) is 8.95. The van der Waals surface area contributed by atoms with Crippen LogP contribution < -0.4 is 4.74 Å². The Balaban J connectivity index is 1.32. The van der Waals surface area contributed by atoms with Gasteiger partial charge >= 0.3 is 0 Å². The average molecular weight is 537 g/mol. The lowest BCUT2D eigenvalue weighted by molar-refractivity contribution is -0.128. The van der Waals surface area contributed by atoms with Crippen LogP contribution in [0.2, 0.25) is 0 Å². The first-order valence-electron chi connectivity index (χ1n) is 12.6. The summed E-state index contributed by atoms with van der Waals surface area (Å²) in [5, 5.41) is 9.41. The highest BCUT2D eigenvalue weighted by Gasteiger charge is 2.43. The second kappa shape index (κ2) is 10.3. The van der Waals surface area contributed by atoms with Crippen LogP contribution in [0.4, 0.5) is 4.39 Å². The van der Waals surface area contributed by atoms with Gasteiger partial charge in [-0.2, -0.15) is 0 Å². The van der Waals surface area contributed by atoms with E-state index in [1.807, 2.05) is 0 Å². The molecule has 2 aromatic rings. The van der Waals surface area contributed by atoms with E-state index >= 15 is 0 Å². The van der Waals surface area contributed by atoms with Gasteiger partial charge in [0.1, 0.15) is 6.61 Å². The maximum Gasteiger partial charge on any atom is 0.233 e. The number of rotatable bonds is 9. The number of carbonyl (C=O) groups is 1. The highest BCUT2D eigenvalue weighted by molar-refractivity contribution is 7.99. The summed E-state index contributed by atoms with van der Waals surface area (Å²) < 4.78 is 45.6. The molecule has 2 aliphatic carbocycles. The molecule has 0 spiro atoms. The van der Waals surface area contributed by atoms with E-state index < -0.39 is 15.7 Å². The average Bonchev–Trinajstić information content (AvgIpc) is 3.65. The van der Waals surface area contributed by atoms with Crippen LogP contribution in [0, 0.1) is 23.6 Å². The fourth-order valence-electron chi connectivity index (χ4n) is 6.21. The number of amides is 1. The SMILES string of the molecule is C[C@H]([C@H]1C[C@H]2CC[C@H]1C2)n1c(COc2ccccc2F)nnc1SCC(=O)N(C)[C@@H]1CCS(=O)(=O)C1. The number of sulfone groups is 1. The molecule has 0 unspecified atom stereocenters. The molecule has 1 saturated heterocycles. The molecule has 36 heavy (non-hydrogen) atoms. The molecule has 1 aromatic heterocycles. The minimum atomic E-state index is -3.07. The molecule has 1 amide bonds. The first-order chi connectivity index (χ1) is 17.2. The normalized spacial score (nSPS) is 27.3. The molecule has 8 nitrogen and oxygen atoms in total. The van der Waals surface area contributed by atoms with E-state index in [1.165, 1.54) is 43.5 Å². The number of nitrogens with zero attached hydrogens (tertiary/aromatic N) is 4. The van der Waals surface area contributed by atoms with Gasteiger partial charge in [0.2, 0.25) is 5.91 Å². The Bertz CT molecular complexity index is 1220. The van der Waals surface area contributed by atoms with Gasteiger partial charge in [0, 0.05) is 19.1 Å². The molecule has 5 rings (SSSR count). The molecule has 1 aromatic carbocycles. The number of hydrogen-bond acceptors (Lipinski definition) is 7. The summed E-state index contributed by atoms with van der Waals surface area (Å²) in [5.41, 5.74) is 0. The third-order valence-electron chi connectivity index (χ3n) is 8.22. The van der Waals surface area contributed by atoms with Crippen molar-refractivity contribution in [2.24, 2.45) is 17.8 Å². The van der Waals surface area contributed by atoms with Crippen molar-refractivity contribution in [3.63, 3.8) is 0 Å². The number of benzene rings is 1. The van der Waals surface area contributed by atoms with Crippen molar-refractivity contribution in [1.82, 2.24) is 19.7 Å². The molecule has 11 heteroatoms. The van der Waals surface area contributed by atoms with Gasteiger partial charge in [-0.15, -0.1) is 10.2 Å². The summed E-state index contributed by atoms with van der Waals surface area (Å²) in [6, 6.07) is 6.13. The molecular weight excluding hydrogens is 503 g/mol. The van der Waals surface area contributed by atoms with E-state index in [0.717, 1.165) is 5.92 Å². The predicted molar refractivity (Wildman–Crippen MR) is 135 cm³/mol. The topological polar surface area (TPSA) is 94.4 Å². The Morgan fingerprint density at radius 3 is 2.72 bits per heavy atom. The largest absolute Gasteiger partial charge is 0.483 e. The van der Waals surface area contributed by atoms with Crippen molar-refractivity contribution in [2.45, 2.75) is 62.9 Å². The zero-order valence-corrected chi connectivity index (χ0v) is 22.3. The summed E-state index contributed by atoms with van der Waals surface area (Å²) in [6.45, 7) is 2.26. The highest BCUT2D eigenvalue weighted by atomic mass is 32.2. The molecule has 0 radical (unpaired) electrons. The highest BCUT2D eigenvalue weighted by Crippen LogP contribution is 2.52. The lowest BCUT2D eigenvalue weighted by Crippen LogP contribution is -2.38. The number of ether oxygens (including phenoxy) is 1. The number of para-hydroxylation sites is 1. The van der Waals surface area contributed by atoms with E-state index in [2.05, 4.69) is 21.7 Å². The maximum atomic E-state index is 14.1. The Morgan fingerprint density at radius 2 is 2.06 bits per heavy atom. The van der Waals surface area contributed by atoms with Crippen molar-refractivity contribution in [3.8, 4) is 5.75 Å². The van der Waals surface area contributed by atoms with Crippen LogP contribution >= 0.6 is 11.8 Å². The fraction of sp³-hybridized carbons (Fsp3) is 0.640. The standard InChI is InChI=1S/C25H33FN4O4S2/c1-16(20-12-17-7-8-18(20)11-17)30-23(13-34-22-6-4-3-5-21(22)26)27-28-25(30)35-14-24(31)29(2)19-9-10-36(32,33)15-19/h3-6,16-20H,7-15H2,1-2H3/t16-,17+,18+,19-,20-/m1/s1. The Kier molecular flexibility index (Phi) is 7.31. The zero-order valence-electron chi connectivity index (χ0n) is 20.7. The molecule has 1 aliphatic heterocycles. The zero-order chi connectivity index (χ0) is 25.4. The van der Waals surface area contributed by atoms with E-state index in [0.29, 0.717) is 29.2 Å². The smallest absolute Gasteiger partial charge is 0.233 e. The molecule has 5 atom stereocenters. The lowest BCUT2D eigenvalue weighted by atomic mass is 9.84.